The first kappa shape index (κ1) is 19.0. The fourth-order valence-electron chi connectivity index (χ4n) is 2.17. The van der Waals surface area contributed by atoms with Crippen LogP contribution in [0.3, 0.4) is 0 Å². The number of ether oxygens (including phenoxy) is 3. The summed E-state index contributed by atoms with van der Waals surface area (Å²) in [4.78, 5) is 23.6. The molecule has 0 amide bonds. The van der Waals surface area contributed by atoms with Gasteiger partial charge in [0.05, 0.1) is 7.11 Å². The molecule has 0 radical (unpaired) electrons. The van der Waals surface area contributed by atoms with Crippen molar-refractivity contribution in [2.45, 2.75) is 52.6 Å². The van der Waals surface area contributed by atoms with Crippen molar-refractivity contribution in [3.63, 3.8) is 0 Å². The number of hydrogen-bond donors (Lipinski definition) is 0. The lowest BCUT2D eigenvalue weighted by atomic mass is 10.1. The predicted molar refractivity (Wildman–Crippen MR) is 87.5 cm³/mol. The van der Waals surface area contributed by atoms with Crippen LogP contribution in [-0.4, -0.2) is 25.2 Å². The first-order valence-electron chi connectivity index (χ1n) is 8.01. The molecule has 0 aliphatic carbocycles. The molecule has 0 spiro atoms. The summed E-state index contributed by atoms with van der Waals surface area (Å²) in [5.41, 5.74) is 0. The number of rotatable bonds is 9. The van der Waals surface area contributed by atoms with Gasteiger partial charge in [-0.15, -0.1) is 0 Å². The summed E-state index contributed by atoms with van der Waals surface area (Å²) in [6.45, 7) is 6.03. The molecule has 0 aromatic heterocycles. The average molecular weight is 322 g/mol. The second-order valence-corrected chi connectivity index (χ2v) is 5.66. The lowest BCUT2D eigenvalue weighted by Crippen LogP contribution is -2.22. The number of carbonyl (C=O) groups excluding carboxylic acids is 2. The Hall–Kier alpha value is -2.04. The summed E-state index contributed by atoms with van der Waals surface area (Å²) in [6.07, 6.45) is 1.50. The molecule has 1 atom stereocenters. The van der Waals surface area contributed by atoms with E-state index in [2.05, 4.69) is 0 Å². The van der Waals surface area contributed by atoms with Crippen LogP contribution in [0.2, 0.25) is 0 Å². The van der Waals surface area contributed by atoms with Gasteiger partial charge in [0.1, 0.15) is 6.10 Å². The average Bonchev–Trinajstić information content (AvgIpc) is 2.52. The second-order valence-electron chi connectivity index (χ2n) is 5.66. The number of hydrogen-bond acceptors (Lipinski definition) is 5. The van der Waals surface area contributed by atoms with Gasteiger partial charge in [0.15, 0.2) is 11.5 Å². The number of esters is 2. The Labute approximate surface area is 137 Å². The van der Waals surface area contributed by atoms with E-state index in [0.717, 1.165) is 6.42 Å². The molecular weight excluding hydrogens is 296 g/mol. The second kappa shape index (κ2) is 9.87. The van der Waals surface area contributed by atoms with E-state index in [9.17, 15) is 9.59 Å². The zero-order valence-electron chi connectivity index (χ0n) is 14.3. The van der Waals surface area contributed by atoms with Crippen molar-refractivity contribution in [2.24, 2.45) is 5.92 Å². The smallest absolute Gasteiger partial charge is 0.311 e. The molecule has 0 saturated carbocycles. The van der Waals surface area contributed by atoms with Gasteiger partial charge < -0.3 is 14.2 Å². The largest absolute Gasteiger partial charge is 0.493 e. The number of para-hydroxylation sites is 2. The highest BCUT2D eigenvalue weighted by molar-refractivity contribution is 5.75. The highest BCUT2D eigenvalue weighted by Gasteiger charge is 2.17. The van der Waals surface area contributed by atoms with Crippen molar-refractivity contribution in [3.05, 3.63) is 24.3 Å². The lowest BCUT2D eigenvalue weighted by Gasteiger charge is -2.19. The van der Waals surface area contributed by atoms with Crippen molar-refractivity contribution >= 4 is 11.9 Å². The van der Waals surface area contributed by atoms with Crippen LogP contribution in [0.1, 0.15) is 46.5 Å². The first-order valence-corrected chi connectivity index (χ1v) is 8.01. The van der Waals surface area contributed by atoms with E-state index in [4.69, 9.17) is 14.2 Å². The monoisotopic (exact) mass is 322 g/mol. The van der Waals surface area contributed by atoms with E-state index in [1.807, 2.05) is 20.8 Å². The van der Waals surface area contributed by atoms with E-state index in [1.165, 1.54) is 7.11 Å². The van der Waals surface area contributed by atoms with Gasteiger partial charge in [0.2, 0.25) is 0 Å². The van der Waals surface area contributed by atoms with Gasteiger partial charge in [-0.05, 0) is 30.9 Å². The minimum absolute atomic E-state index is 0.0666. The van der Waals surface area contributed by atoms with E-state index in [-0.39, 0.29) is 24.9 Å². The number of methoxy groups -OCH3 is 1. The summed E-state index contributed by atoms with van der Waals surface area (Å²) >= 11 is 0. The van der Waals surface area contributed by atoms with Crippen LogP contribution >= 0.6 is 0 Å². The molecule has 23 heavy (non-hydrogen) atoms. The third kappa shape index (κ3) is 6.72. The molecule has 0 saturated heterocycles. The van der Waals surface area contributed by atoms with Crippen molar-refractivity contribution in [1.29, 1.82) is 0 Å². The Morgan fingerprint density at radius 3 is 2.22 bits per heavy atom. The summed E-state index contributed by atoms with van der Waals surface area (Å²) in [5.74, 6) is 0.518. The number of carbonyl (C=O) groups is 2. The fraction of sp³-hybridized carbons (Fsp3) is 0.556. The maximum atomic E-state index is 11.8. The Bertz CT molecular complexity index is 510. The van der Waals surface area contributed by atoms with E-state index in [0.29, 0.717) is 23.8 Å². The van der Waals surface area contributed by atoms with Crippen LogP contribution in [-0.2, 0) is 14.3 Å². The molecule has 1 rings (SSSR count). The van der Waals surface area contributed by atoms with Crippen LogP contribution in [0.4, 0.5) is 0 Å². The van der Waals surface area contributed by atoms with Gasteiger partial charge in [-0.2, -0.15) is 0 Å². The van der Waals surface area contributed by atoms with Gasteiger partial charge in [-0.25, -0.2) is 0 Å². The van der Waals surface area contributed by atoms with Crippen LogP contribution in [0.25, 0.3) is 0 Å². The van der Waals surface area contributed by atoms with Gasteiger partial charge in [0.25, 0.3) is 0 Å². The van der Waals surface area contributed by atoms with Gasteiger partial charge >= 0.3 is 11.9 Å². The van der Waals surface area contributed by atoms with Crippen molar-refractivity contribution in [1.82, 2.24) is 0 Å². The summed E-state index contributed by atoms with van der Waals surface area (Å²) in [7, 11) is 1.52. The third-order valence-electron chi connectivity index (χ3n) is 3.48. The normalized spacial score (nSPS) is 11.9. The van der Waals surface area contributed by atoms with E-state index < -0.39 is 5.97 Å². The molecule has 0 fully saturated rings. The molecule has 5 nitrogen and oxygen atoms in total. The molecule has 0 bridgehead atoms. The Morgan fingerprint density at radius 2 is 1.65 bits per heavy atom. The molecule has 1 aromatic carbocycles. The van der Waals surface area contributed by atoms with Crippen molar-refractivity contribution in [2.75, 3.05) is 7.11 Å². The summed E-state index contributed by atoms with van der Waals surface area (Å²) in [5, 5.41) is 0. The van der Waals surface area contributed by atoms with Crippen LogP contribution in [0.15, 0.2) is 24.3 Å². The molecular formula is C18H26O5. The van der Waals surface area contributed by atoms with Crippen LogP contribution in [0, 0.1) is 5.92 Å². The Balaban J connectivity index is 2.35. The first-order chi connectivity index (χ1) is 11.0. The lowest BCUT2D eigenvalue weighted by molar-refractivity contribution is -0.151. The van der Waals surface area contributed by atoms with Crippen molar-refractivity contribution in [3.8, 4) is 11.5 Å². The zero-order valence-corrected chi connectivity index (χ0v) is 14.3. The van der Waals surface area contributed by atoms with E-state index in [1.54, 1.807) is 24.3 Å². The maximum absolute atomic E-state index is 11.8. The van der Waals surface area contributed by atoms with Crippen LogP contribution < -0.4 is 9.47 Å². The molecule has 0 heterocycles. The number of benzene rings is 1. The Kier molecular flexibility index (Phi) is 8.16. The minimum atomic E-state index is -0.391. The predicted octanol–water partition coefficient (Wildman–Crippen LogP) is 3.75. The molecule has 1 aromatic rings. The third-order valence-corrected chi connectivity index (χ3v) is 3.48. The quantitative estimate of drug-likeness (QED) is 0.512. The molecule has 0 N–H and O–H groups in total. The van der Waals surface area contributed by atoms with Gasteiger partial charge in [0, 0.05) is 12.8 Å². The highest BCUT2D eigenvalue weighted by atomic mass is 16.6. The zero-order chi connectivity index (χ0) is 17.2. The standard InChI is InChI=1S/C18H26O5/c1-5-14(13(2)3)22-17(19)11-8-12-18(20)23-16-10-7-6-9-15(16)21-4/h6-7,9-10,13-14H,5,8,11-12H2,1-4H3. The minimum Gasteiger partial charge on any atom is -0.493 e. The molecule has 1 unspecified atom stereocenters. The van der Waals surface area contributed by atoms with Crippen LogP contribution in [0.5, 0.6) is 11.5 Å². The highest BCUT2D eigenvalue weighted by Crippen LogP contribution is 2.26. The Morgan fingerprint density at radius 1 is 1.04 bits per heavy atom. The van der Waals surface area contributed by atoms with E-state index >= 15 is 0 Å². The molecule has 128 valence electrons. The maximum Gasteiger partial charge on any atom is 0.311 e. The summed E-state index contributed by atoms with van der Waals surface area (Å²) < 4.78 is 15.7. The molecule has 0 aliphatic rings. The van der Waals surface area contributed by atoms with Gasteiger partial charge in [-0.3, -0.25) is 9.59 Å². The molecule has 5 heteroatoms. The summed E-state index contributed by atoms with van der Waals surface area (Å²) in [6, 6.07) is 6.95. The molecule has 0 aliphatic heterocycles. The SMILES string of the molecule is CCC(OC(=O)CCCC(=O)Oc1ccccc1OC)C(C)C. The van der Waals surface area contributed by atoms with Gasteiger partial charge in [-0.1, -0.05) is 32.9 Å². The fourth-order valence-corrected chi connectivity index (χ4v) is 2.17. The van der Waals surface area contributed by atoms with Crippen molar-refractivity contribution < 1.29 is 23.8 Å². The topological polar surface area (TPSA) is 61.8 Å².